The largest absolute Gasteiger partial charge is 0.480 e. The molecule has 0 aliphatic carbocycles. The molecule has 2 saturated heterocycles. The lowest BCUT2D eigenvalue weighted by Crippen LogP contribution is -2.46. The van der Waals surface area contributed by atoms with Crippen molar-refractivity contribution in [3.05, 3.63) is 92.4 Å². The van der Waals surface area contributed by atoms with Gasteiger partial charge in [-0.3, -0.25) is 14.6 Å². The molecule has 2 heterocycles. The van der Waals surface area contributed by atoms with Crippen LogP contribution in [0.2, 0.25) is 0 Å². The predicted octanol–water partition coefficient (Wildman–Crippen LogP) is 6.98. The number of benzene rings is 3. The van der Waals surface area contributed by atoms with Gasteiger partial charge in [0, 0.05) is 42.0 Å². The van der Waals surface area contributed by atoms with Gasteiger partial charge in [0.05, 0.1) is 4.91 Å². The Hall–Kier alpha value is -2.73. The van der Waals surface area contributed by atoms with E-state index in [1.54, 1.807) is 6.08 Å². The van der Waals surface area contributed by atoms with Gasteiger partial charge in [-0.15, -0.1) is 0 Å². The molecule has 0 aromatic heterocycles. The number of nitrogens with zero attached hydrogens (tertiary/aromatic N) is 3. The lowest BCUT2D eigenvalue weighted by Gasteiger charge is -2.36. The lowest BCUT2D eigenvalue weighted by atomic mass is 9.99. The first-order chi connectivity index (χ1) is 20.2. The third kappa shape index (κ3) is 7.24. The maximum atomic E-state index is 13.1. The van der Waals surface area contributed by atoms with E-state index >= 15 is 0 Å². The highest BCUT2D eigenvalue weighted by atomic mass is 127. The van der Waals surface area contributed by atoms with Crippen molar-refractivity contribution in [2.45, 2.75) is 32.9 Å². The van der Waals surface area contributed by atoms with Gasteiger partial charge >= 0.3 is 5.97 Å². The summed E-state index contributed by atoms with van der Waals surface area (Å²) in [6.07, 6.45) is 2.16. The van der Waals surface area contributed by atoms with E-state index in [0.29, 0.717) is 15.6 Å². The average Bonchev–Trinajstić information content (AvgIpc) is 3.25. The minimum atomic E-state index is -1.03. The maximum Gasteiger partial charge on any atom is 0.326 e. The molecule has 2 aliphatic heterocycles. The molecule has 0 bridgehead atoms. The van der Waals surface area contributed by atoms with Crippen LogP contribution in [0, 0.1) is 9.49 Å². The number of hydrogen-bond acceptors (Lipinski definition) is 6. The number of piperazine rings is 1. The highest BCUT2D eigenvalue weighted by Crippen LogP contribution is 2.35. The van der Waals surface area contributed by atoms with Crippen LogP contribution in [-0.4, -0.2) is 63.3 Å². The molecular weight excluding hydrogens is 677 g/mol. The zero-order valence-corrected chi connectivity index (χ0v) is 27.5. The van der Waals surface area contributed by atoms with Crippen LogP contribution in [0.15, 0.2) is 77.7 Å². The molecule has 0 saturated carbocycles. The van der Waals surface area contributed by atoms with Crippen molar-refractivity contribution in [3.8, 4) is 11.1 Å². The van der Waals surface area contributed by atoms with E-state index in [1.165, 1.54) is 36.9 Å². The third-order valence-corrected chi connectivity index (χ3v) is 9.66. The van der Waals surface area contributed by atoms with Crippen molar-refractivity contribution in [1.29, 1.82) is 0 Å². The SMILES string of the molecule is CC(C)C[C@@H](C(=O)O)N1C(=O)/C(=C/c2ccc(N3CCN(Cc4ccccc4-c4ccc(I)cc4)CC3)cc2)SC1=S. The van der Waals surface area contributed by atoms with Crippen LogP contribution in [0.25, 0.3) is 17.2 Å². The number of thioether (sulfide) groups is 1. The fourth-order valence-corrected chi connectivity index (χ4v) is 7.14. The summed E-state index contributed by atoms with van der Waals surface area (Å²) < 4.78 is 1.54. The van der Waals surface area contributed by atoms with E-state index in [1.807, 2.05) is 26.0 Å². The third-order valence-electron chi connectivity index (χ3n) is 7.61. The molecule has 6 nitrogen and oxygen atoms in total. The Morgan fingerprint density at radius 1 is 1.00 bits per heavy atom. The van der Waals surface area contributed by atoms with Gasteiger partial charge in [-0.25, -0.2) is 4.79 Å². The number of rotatable bonds is 9. The Balaban J connectivity index is 1.20. The number of anilines is 1. The van der Waals surface area contributed by atoms with E-state index < -0.39 is 12.0 Å². The van der Waals surface area contributed by atoms with Crippen molar-refractivity contribution in [3.63, 3.8) is 0 Å². The first-order valence-corrected chi connectivity index (χ1v) is 16.4. The molecule has 0 spiro atoms. The Bertz CT molecular complexity index is 1480. The highest BCUT2D eigenvalue weighted by molar-refractivity contribution is 14.1. The number of thiocarbonyl (C=S) groups is 1. The molecule has 42 heavy (non-hydrogen) atoms. The number of carbonyl (C=O) groups excluding carboxylic acids is 1. The summed E-state index contributed by atoms with van der Waals surface area (Å²) >= 11 is 8.92. The molecule has 5 rings (SSSR count). The molecule has 3 aromatic carbocycles. The van der Waals surface area contributed by atoms with Crippen LogP contribution in [0.5, 0.6) is 0 Å². The van der Waals surface area contributed by atoms with Crippen LogP contribution in [0.3, 0.4) is 0 Å². The summed E-state index contributed by atoms with van der Waals surface area (Å²) in [6.45, 7) is 8.64. The molecule has 3 aromatic rings. The van der Waals surface area contributed by atoms with Crippen molar-refractivity contribution >= 4 is 74.5 Å². The molecule has 218 valence electrons. The van der Waals surface area contributed by atoms with Crippen molar-refractivity contribution < 1.29 is 14.7 Å². The number of carbonyl (C=O) groups is 2. The van der Waals surface area contributed by atoms with Gasteiger partial charge in [-0.05, 0) is 87.5 Å². The minimum Gasteiger partial charge on any atom is -0.480 e. The van der Waals surface area contributed by atoms with Gasteiger partial charge in [0.1, 0.15) is 10.4 Å². The smallest absolute Gasteiger partial charge is 0.326 e. The molecule has 2 aliphatic rings. The van der Waals surface area contributed by atoms with E-state index in [-0.39, 0.29) is 11.8 Å². The summed E-state index contributed by atoms with van der Waals surface area (Å²) in [5.74, 6) is -1.23. The number of hydrogen-bond donors (Lipinski definition) is 1. The standard InChI is InChI=1S/C33H34IN3O3S2/c1-22(2)19-29(32(39)40)37-31(38)30(42-33(37)41)20-23-7-13-27(14-8-23)36-17-15-35(16-18-36)21-25-5-3-4-6-28(25)24-9-11-26(34)12-10-24/h3-14,20,22,29H,15-19,21H2,1-2H3,(H,39,40)/b30-20-/t29-/m0/s1. The first kappa shape index (κ1) is 30.7. The van der Waals surface area contributed by atoms with Crippen LogP contribution in [-0.2, 0) is 16.1 Å². The summed E-state index contributed by atoms with van der Waals surface area (Å²) in [4.78, 5) is 31.6. The molecule has 9 heteroatoms. The maximum absolute atomic E-state index is 13.1. The lowest BCUT2D eigenvalue weighted by molar-refractivity contribution is -0.145. The van der Waals surface area contributed by atoms with Gasteiger partial charge < -0.3 is 10.0 Å². The molecule has 0 radical (unpaired) electrons. The fourth-order valence-electron chi connectivity index (χ4n) is 5.42. The van der Waals surface area contributed by atoms with Crippen LogP contribution < -0.4 is 4.90 Å². The van der Waals surface area contributed by atoms with Crippen molar-refractivity contribution in [2.75, 3.05) is 31.1 Å². The van der Waals surface area contributed by atoms with E-state index in [4.69, 9.17) is 12.2 Å². The zero-order valence-electron chi connectivity index (χ0n) is 23.7. The van der Waals surface area contributed by atoms with Gasteiger partial charge in [0.25, 0.3) is 5.91 Å². The van der Waals surface area contributed by atoms with Gasteiger partial charge in [0.15, 0.2) is 0 Å². The highest BCUT2D eigenvalue weighted by Gasteiger charge is 2.40. The fraction of sp³-hybridized carbons (Fsp3) is 0.303. The zero-order chi connectivity index (χ0) is 29.8. The van der Waals surface area contributed by atoms with E-state index in [9.17, 15) is 14.7 Å². The van der Waals surface area contributed by atoms with Gasteiger partial charge in [-0.1, -0.05) is 86.4 Å². The predicted molar refractivity (Wildman–Crippen MR) is 184 cm³/mol. The van der Waals surface area contributed by atoms with Gasteiger partial charge in [0.2, 0.25) is 0 Å². The first-order valence-electron chi connectivity index (χ1n) is 14.1. The molecule has 2 fully saturated rings. The summed E-state index contributed by atoms with van der Waals surface area (Å²) in [7, 11) is 0. The van der Waals surface area contributed by atoms with Crippen molar-refractivity contribution in [2.24, 2.45) is 5.92 Å². The average molecular weight is 712 g/mol. The Morgan fingerprint density at radius 3 is 2.31 bits per heavy atom. The second-order valence-corrected chi connectivity index (χ2v) is 14.0. The summed E-state index contributed by atoms with van der Waals surface area (Å²) in [5, 5.41) is 9.72. The van der Waals surface area contributed by atoms with E-state index in [0.717, 1.165) is 44.0 Å². The van der Waals surface area contributed by atoms with E-state index in [2.05, 4.69) is 93.1 Å². The molecular formula is C33H34IN3O3S2. The Morgan fingerprint density at radius 2 is 1.67 bits per heavy atom. The van der Waals surface area contributed by atoms with Crippen molar-refractivity contribution in [1.82, 2.24) is 9.80 Å². The number of carboxylic acid groups (broad SMARTS) is 1. The normalized spacial score (nSPS) is 17.9. The molecule has 1 amide bonds. The Labute approximate surface area is 270 Å². The van der Waals surface area contributed by atoms with Gasteiger partial charge in [-0.2, -0.15) is 0 Å². The van der Waals surface area contributed by atoms with Crippen LogP contribution in [0.4, 0.5) is 5.69 Å². The number of amides is 1. The number of carboxylic acids is 1. The minimum absolute atomic E-state index is 0.128. The molecule has 1 N–H and O–H groups in total. The number of halogens is 1. The number of aliphatic carboxylic acids is 1. The Kier molecular flexibility index (Phi) is 10.0. The molecule has 0 unspecified atom stereocenters. The summed E-state index contributed by atoms with van der Waals surface area (Å²) in [6, 6.07) is 24.6. The van der Waals surface area contributed by atoms with Crippen LogP contribution in [0.1, 0.15) is 31.4 Å². The summed E-state index contributed by atoms with van der Waals surface area (Å²) in [5.41, 5.74) is 5.94. The molecule has 1 atom stereocenters. The van der Waals surface area contributed by atoms with Crippen LogP contribution >= 0.6 is 46.6 Å². The quantitative estimate of drug-likeness (QED) is 0.146. The monoisotopic (exact) mass is 711 g/mol. The second-order valence-electron chi connectivity index (χ2n) is 11.1. The second kappa shape index (κ2) is 13.7. The topological polar surface area (TPSA) is 64.1 Å².